The largest absolute Gasteiger partial charge is 0.237 e. The molecule has 1 aromatic carbocycles. The van der Waals surface area contributed by atoms with E-state index in [2.05, 4.69) is 64.3 Å². The van der Waals surface area contributed by atoms with Gasteiger partial charge in [-0.2, -0.15) is 5.10 Å². The molecule has 0 radical (unpaired) electrons. The van der Waals surface area contributed by atoms with Crippen LogP contribution in [0, 0.1) is 20.8 Å². The van der Waals surface area contributed by atoms with Crippen molar-refractivity contribution >= 4 is 5.65 Å². The van der Waals surface area contributed by atoms with Crippen molar-refractivity contribution < 1.29 is 0 Å². The van der Waals surface area contributed by atoms with E-state index in [4.69, 9.17) is 10.1 Å². The molecule has 0 N–H and O–H groups in total. The summed E-state index contributed by atoms with van der Waals surface area (Å²) >= 11 is 0. The van der Waals surface area contributed by atoms with Crippen LogP contribution < -0.4 is 0 Å². The molecule has 0 aliphatic rings. The lowest BCUT2D eigenvalue weighted by Crippen LogP contribution is -2.01. The van der Waals surface area contributed by atoms with Gasteiger partial charge < -0.3 is 0 Å². The first-order valence-electron chi connectivity index (χ1n) is 9.42. The second-order valence-electron chi connectivity index (χ2n) is 7.24. The van der Waals surface area contributed by atoms with Crippen LogP contribution in [0.3, 0.4) is 0 Å². The van der Waals surface area contributed by atoms with Crippen LogP contribution in [0.5, 0.6) is 0 Å². The Morgan fingerprint density at radius 2 is 1.76 bits per heavy atom. The van der Waals surface area contributed by atoms with Gasteiger partial charge in [-0.25, -0.2) is 9.50 Å². The molecule has 0 saturated carbocycles. The maximum Gasteiger partial charge on any atom is 0.159 e. The minimum Gasteiger partial charge on any atom is -0.237 e. The number of aryl methyl sites for hydroxylation is 4. The zero-order valence-electron chi connectivity index (χ0n) is 16.3. The summed E-state index contributed by atoms with van der Waals surface area (Å²) in [7, 11) is 0. The van der Waals surface area contributed by atoms with Crippen LogP contribution >= 0.6 is 0 Å². The second-order valence-corrected chi connectivity index (χ2v) is 7.24. The third kappa shape index (κ3) is 3.08. The van der Waals surface area contributed by atoms with E-state index in [1.54, 1.807) is 0 Å². The van der Waals surface area contributed by atoms with Gasteiger partial charge in [-0.3, -0.25) is 0 Å². The fourth-order valence-electron chi connectivity index (χ4n) is 4.12. The van der Waals surface area contributed by atoms with Gasteiger partial charge >= 0.3 is 0 Å². The number of aromatic nitrogens is 3. The molecule has 0 saturated heterocycles. The summed E-state index contributed by atoms with van der Waals surface area (Å²) in [6.45, 7) is 13.3. The predicted molar refractivity (Wildman–Crippen MR) is 105 cm³/mol. The van der Waals surface area contributed by atoms with Gasteiger partial charge in [-0.15, -0.1) is 0 Å². The highest BCUT2D eigenvalue weighted by Gasteiger charge is 2.21. The van der Waals surface area contributed by atoms with Crippen LogP contribution in [-0.4, -0.2) is 14.6 Å². The Hall–Kier alpha value is -2.16. The maximum atomic E-state index is 4.97. The molecule has 3 heteroatoms. The third-order valence-corrected chi connectivity index (χ3v) is 5.11. The lowest BCUT2D eigenvalue weighted by molar-refractivity contribution is 0.661. The number of fused-ring (bicyclic) bond motifs is 1. The molecule has 0 aliphatic carbocycles. The first kappa shape index (κ1) is 17.7. The van der Waals surface area contributed by atoms with Crippen LogP contribution in [0.2, 0.25) is 0 Å². The van der Waals surface area contributed by atoms with Gasteiger partial charge in [0.05, 0.1) is 11.4 Å². The minimum atomic E-state index is 0.486. The van der Waals surface area contributed by atoms with E-state index in [1.807, 2.05) is 6.20 Å². The molecule has 3 nitrogen and oxygen atoms in total. The van der Waals surface area contributed by atoms with Gasteiger partial charge in [-0.05, 0) is 56.7 Å². The molecule has 1 atom stereocenters. The summed E-state index contributed by atoms with van der Waals surface area (Å²) in [4.78, 5) is 4.72. The SMILES string of the molecule is CCCC(C)c1c(CC)nn2c(-c3c(C)cc(C)cc3C)ccnc12. The highest BCUT2D eigenvalue weighted by molar-refractivity contribution is 5.71. The fourth-order valence-corrected chi connectivity index (χ4v) is 4.12. The third-order valence-electron chi connectivity index (χ3n) is 5.11. The smallest absolute Gasteiger partial charge is 0.159 e. The van der Waals surface area contributed by atoms with E-state index >= 15 is 0 Å². The zero-order valence-corrected chi connectivity index (χ0v) is 16.3. The first-order valence-corrected chi connectivity index (χ1v) is 9.42. The normalized spacial score (nSPS) is 12.7. The van der Waals surface area contributed by atoms with Gasteiger partial charge in [0.25, 0.3) is 0 Å². The molecule has 2 heterocycles. The van der Waals surface area contributed by atoms with Crippen LogP contribution in [0.1, 0.15) is 67.5 Å². The van der Waals surface area contributed by atoms with Crippen LogP contribution in [0.25, 0.3) is 16.9 Å². The lowest BCUT2D eigenvalue weighted by atomic mass is 9.95. The van der Waals surface area contributed by atoms with Gasteiger partial charge in [-0.1, -0.05) is 44.9 Å². The number of benzene rings is 1. The van der Waals surface area contributed by atoms with Crippen LogP contribution in [0.15, 0.2) is 24.4 Å². The number of hydrogen-bond donors (Lipinski definition) is 0. The van der Waals surface area contributed by atoms with E-state index < -0.39 is 0 Å². The summed E-state index contributed by atoms with van der Waals surface area (Å²) in [5, 5.41) is 4.97. The van der Waals surface area contributed by atoms with E-state index in [-0.39, 0.29) is 0 Å². The predicted octanol–water partition coefficient (Wildman–Crippen LogP) is 5.79. The molecule has 0 spiro atoms. The molecule has 0 aliphatic heterocycles. The Morgan fingerprint density at radius 1 is 1.08 bits per heavy atom. The summed E-state index contributed by atoms with van der Waals surface area (Å²) in [5.41, 5.74) is 9.84. The van der Waals surface area contributed by atoms with E-state index in [0.29, 0.717) is 5.92 Å². The Labute approximate surface area is 151 Å². The number of hydrogen-bond acceptors (Lipinski definition) is 2. The average Bonchev–Trinajstić information content (AvgIpc) is 2.93. The molecule has 0 amide bonds. The van der Waals surface area contributed by atoms with Crippen molar-refractivity contribution in [2.24, 2.45) is 0 Å². The topological polar surface area (TPSA) is 30.2 Å². The quantitative estimate of drug-likeness (QED) is 0.591. The van der Waals surface area contributed by atoms with Crippen molar-refractivity contribution in [1.29, 1.82) is 0 Å². The van der Waals surface area contributed by atoms with E-state index in [1.165, 1.54) is 46.4 Å². The van der Waals surface area contributed by atoms with Gasteiger partial charge in [0.2, 0.25) is 0 Å². The summed E-state index contributed by atoms with van der Waals surface area (Å²) in [6, 6.07) is 6.59. The molecule has 2 aromatic heterocycles. The fraction of sp³-hybridized carbons (Fsp3) is 0.455. The monoisotopic (exact) mass is 335 g/mol. The highest BCUT2D eigenvalue weighted by atomic mass is 15.3. The van der Waals surface area contributed by atoms with Crippen LogP contribution in [-0.2, 0) is 6.42 Å². The highest BCUT2D eigenvalue weighted by Crippen LogP contribution is 2.33. The van der Waals surface area contributed by atoms with Crippen molar-refractivity contribution in [3.05, 3.63) is 52.3 Å². The summed E-state index contributed by atoms with van der Waals surface area (Å²) in [5.74, 6) is 0.486. The molecular formula is C22H29N3. The van der Waals surface area contributed by atoms with Crippen LogP contribution in [0.4, 0.5) is 0 Å². The number of rotatable bonds is 5. The Kier molecular flexibility index (Phi) is 4.94. The Balaban J connectivity index is 2.29. The molecule has 0 fully saturated rings. The van der Waals surface area contributed by atoms with Crippen molar-refractivity contribution in [3.63, 3.8) is 0 Å². The molecule has 25 heavy (non-hydrogen) atoms. The molecule has 3 rings (SSSR count). The molecule has 0 bridgehead atoms. The Morgan fingerprint density at radius 3 is 2.36 bits per heavy atom. The molecule has 1 unspecified atom stereocenters. The van der Waals surface area contributed by atoms with Crippen molar-refractivity contribution in [2.45, 2.75) is 66.7 Å². The van der Waals surface area contributed by atoms with Gasteiger partial charge in [0.15, 0.2) is 5.65 Å². The second kappa shape index (κ2) is 6.99. The molecule has 3 aromatic rings. The first-order chi connectivity index (χ1) is 12.0. The number of nitrogens with zero attached hydrogens (tertiary/aromatic N) is 3. The van der Waals surface area contributed by atoms with E-state index in [0.717, 1.165) is 17.8 Å². The maximum absolute atomic E-state index is 4.97. The van der Waals surface area contributed by atoms with E-state index in [9.17, 15) is 0 Å². The Bertz CT molecular complexity index is 882. The minimum absolute atomic E-state index is 0.486. The van der Waals surface area contributed by atoms with Gasteiger partial charge in [0, 0.05) is 17.3 Å². The summed E-state index contributed by atoms with van der Waals surface area (Å²) in [6.07, 6.45) is 5.23. The van der Waals surface area contributed by atoms with Crippen molar-refractivity contribution in [2.75, 3.05) is 0 Å². The molecule has 132 valence electrons. The zero-order chi connectivity index (χ0) is 18.1. The molecular weight excluding hydrogens is 306 g/mol. The lowest BCUT2D eigenvalue weighted by Gasteiger charge is -2.13. The standard InChI is InChI=1S/C22H29N3/c1-7-9-15(4)21-18(8-2)24-25-19(10-11-23-22(21)25)20-16(5)12-14(3)13-17(20)6/h10-13,15H,7-9H2,1-6H3. The average molecular weight is 335 g/mol. The van der Waals surface area contributed by atoms with Crippen molar-refractivity contribution in [3.8, 4) is 11.3 Å². The van der Waals surface area contributed by atoms with Crippen molar-refractivity contribution in [1.82, 2.24) is 14.6 Å². The summed E-state index contributed by atoms with van der Waals surface area (Å²) < 4.78 is 2.07. The van der Waals surface area contributed by atoms with Gasteiger partial charge in [0.1, 0.15) is 0 Å².